The van der Waals surface area contributed by atoms with E-state index in [4.69, 9.17) is 9.47 Å². The monoisotopic (exact) mass is 413 g/mol. The zero-order valence-electron chi connectivity index (χ0n) is 18.5. The second kappa shape index (κ2) is 9.20. The summed E-state index contributed by atoms with van der Waals surface area (Å²) in [6, 6.07) is 12.4. The van der Waals surface area contributed by atoms with Gasteiger partial charge in [0.2, 0.25) is 0 Å². The molecule has 2 N–H and O–H groups in total. The van der Waals surface area contributed by atoms with Crippen molar-refractivity contribution in [3.05, 3.63) is 59.7 Å². The predicted molar refractivity (Wildman–Crippen MR) is 116 cm³/mol. The first-order valence-electron chi connectivity index (χ1n) is 9.93. The molecule has 2 rings (SSSR count). The minimum Gasteiger partial charge on any atom is -0.508 e. The van der Waals surface area contributed by atoms with Crippen molar-refractivity contribution < 1.29 is 24.2 Å². The number of phenolic OH excluding ortho intramolecular Hbond substituents is 1. The smallest absolute Gasteiger partial charge is 0.329 e. The Morgan fingerprint density at radius 2 is 1.47 bits per heavy atom. The molecule has 30 heavy (non-hydrogen) atoms. The highest BCUT2D eigenvalue weighted by atomic mass is 16.6. The van der Waals surface area contributed by atoms with Gasteiger partial charge < -0.3 is 19.9 Å². The molecule has 0 saturated carbocycles. The first-order chi connectivity index (χ1) is 13.8. The predicted octanol–water partition coefficient (Wildman–Crippen LogP) is 4.25. The number of nitrogens with one attached hydrogen (secondary N) is 1. The molecule has 2 aromatic carbocycles. The first-order valence-corrected chi connectivity index (χ1v) is 9.93. The largest absolute Gasteiger partial charge is 0.508 e. The van der Waals surface area contributed by atoms with E-state index in [9.17, 15) is 14.7 Å². The summed E-state index contributed by atoms with van der Waals surface area (Å²) in [5.41, 5.74) is 0.218. The number of rotatable bonds is 6. The number of amides is 1. The van der Waals surface area contributed by atoms with Crippen LogP contribution in [-0.2, 0) is 16.0 Å². The van der Waals surface area contributed by atoms with E-state index in [0.717, 1.165) is 11.3 Å². The number of hydrogen-bond acceptors (Lipinski definition) is 5. The highest BCUT2D eigenvalue weighted by molar-refractivity contribution is 5.97. The molecular formula is C24H31NO5. The summed E-state index contributed by atoms with van der Waals surface area (Å²) in [4.78, 5) is 25.4. The van der Waals surface area contributed by atoms with E-state index in [0.29, 0.717) is 5.56 Å². The molecule has 0 heterocycles. The molecule has 0 aromatic heterocycles. The highest BCUT2D eigenvalue weighted by Crippen LogP contribution is 2.20. The highest BCUT2D eigenvalue weighted by Gasteiger charge is 2.27. The van der Waals surface area contributed by atoms with Gasteiger partial charge >= 0.3 is 5.97 Å². The molecule has 162 valence electrons. The molecule has 6 heteroatoms. The summed E-state index contributed by atoms with van der Waals surface area (Å²) in [6.45, 7) is 11.3. The Morgan fingerprint density at radius 3 is 1.97 bits per heavy atom. The van der Waals surface area contributed by atoms with Gasteiger partial charge in [0.25, 0.3) is 5.91 Å². The van der Waals surface area contributed by atoms with Gasteiger partial charge in [-0.2, -0.15) is 0 Å². The molecule has 0 saturated heterocycles. The minimum atomic E-state index is -0.861. The second-order valence-corrected chi connectivity index (χ2v) is 9.17. The number of hydrogen-bond donors (Lipinski definition) is 2. The van der Waals surface area contributed by atoms with Crippen molar-refractivity contribution in [3.63, 3.8) is 0 Å². The van der Waals surface area contributed by atoms with E-state index in [-0.39, 0.29) is 17.8 Å². The van der Waals surface area contributed by atoms with Gasteiger partial charge in [-0.3, -0.25) is 4.79 Å². The Hall–Kier alpha value is -3.02. The fraction of sp³-hybridized carbons (Fsp3) is 0.417. The van der Waals surface area contributed by atoms with E-state index in [1.807, 2.05) is 45.0 Å². The van der Waals surface area contributed by atoms with Crippen molar-refractivity contribution >= 4 is 11.9 Å². The third-order valence-electron chi connectivity index (χ3n) is 3.91. The Balaban J connectivity index is 2.17. The quantitative estimate of drug-likeness (QED) is 0.692. The average Bonchev–Trinajstić information content (AvgIpc) is 2.60. The molecule has 1 atom stereocenters. The molecule has 2 aromatic rings. The van der Waals surface area contributed by atoms with Crippen LogP contribution in [0.1, 0.15) is 57.5 Å². The van der Waals surface area contributed by atoms with Crippen LogP contribution in [0.3, 0.4) is 0 Å². The molecule has 0 spiro atoms. The Morgan fingerprint density at radius 1 is 0.900 bits per heavy atom. The molecule has 0 aliphatic heterocycles. The summed E-state index contributed by atoms with van der Waals surface area (Å²) in [5, 5.41) is 12.2. The lowest BCUT2D eigenvalue weighted by atomic mass is 10.0. The van der Waals surface area contributed by atoms with Gasteiger partial charge in [-0.25, -0.2) is 4.79 Å². The number of aromatic hydroxyl groups is 1. The Labute approximate surface area is 178 Å². The van der Waals surface area contributed by atoms with Crippen LogP contribution in [0.2, 0.25) is 0 Å². The van der Waals surface area contributed by atoms with Crippen LogP contribution < -0.4 is 10.1 Å². The lowest BCUT2D eigenvalue weighted by Crippen LogP contribution is -2.45. The summed E-state index contributed by atoms with van der Waals surface area (Å²) >= 11 is 0. The normalized spacial score (nSPS) is 12.7. The standard InChI is InChI=1S/C24H31NO5/c1-23(2,3)29-19-13-7-16(8-14-19)15-20(22(28)30-24(4,5)6)25-21(27)17-9-11-18(26)12-10-17/h7-14,20,26H,15H2,1-6H3,(H,25,27)/t20-/m0/s1. The second-order valence-electron chi connectivity index (χ2n) is 9.17. The van der Waals surface area contributed by atoms with Crippen LogP contribution in [0.4, 0.5) is 0 Å². The zero-order valence-corrected chi connectivity index (χ0v) is 18.5. The van der Waals surface area contributed by atoms with Gasteiger partial charge in [-0.15, -0.1) is 0 Å². The molecule has 0 fully saturated rings. The van der Waals surface area contributed by atoms with Crippen molar-refractivity contribution in [2.75, 3.05) is 0 Å². The molecule has 0 radical (unpaired) electrons. The minimum absolute atomic E-state index is 0.0628. The van der Waals surface area contributed by atoms with E-state index < -0.39 is 23.5 Å². The van der Waals surface area contributed by atoms with Crippen molar-refractivity contribution in [1.82, 2.24) is 5.32 Å². The lowest BCUT2D eigenvalue weighted by Gasteiger charge is -2.25. The number of esters is 1. The average molecular weight is 414 g/mol. The molecule has 0 unspecified atom stereocenters. The number of ether oxygens (including phenoxy) is 2. The fourth-order valence-electron chi connectivity index (χ4n) is 2.70. The fourth-order valence-corrected chi connectivity index (χ4v) is 2.70. The molecule has 0 aliphatic carbocycles. The van der Waals surface area contributed by atoms with E-state index in [2.05, 4.69) is 5.32 Å². The van der Waals surface area contributed by atoms with Gasteiger partial charge in [-0.1, -0.05) is 12.1 Å². The molecule has 1 amide bonds. The van der Waals surface area contributed by atoms with E-state index in [1.54, 1.807) is 20.8 Å². The van der Waals surface area contributed by atoms with Crippen LogP contribution in [0.5, 0.6) is 11.5 Å². The molecular weight excluding hydrogens is 382 g/mol. The first kappa shape index (κ1) is 23.3. The maximum Gasteiger partial charge on any atom is 0.329 e. The van der Waals surface area contributed by atoms with Gasteiger partial charge in [-0.05, 0) is 83.5 Å². The summed E-state index contributed by atoms with van der Waals surface area (Å²) < 4.78 is 11.3. The van der Waals surface area contributed by atoms with Gasteiger partial charge in [0.1, 0.15) is 28.7 Å². The summed E-state index contributed by atoms with van der Waals surface area (Å²) in [6.07, 6.45) is 0.272. The van der Waals surface area contributed by atoms with Crippen molar-refractivity contribution in [2.24, 2.45) is 0 Å². The third-order valence-corrected chi connectivity index (χ3v) is 3.91. The zero-order chi connectivity index (χ0) is 22.5. The van der Waals surface area contributed by atoms with Crippen LogP contribution >= 0.6 is 0 Å². The Bertz CT molecular complexity index is 858. The third kappa shape index (κ3) is 7.78. The topological polar surface area (TPSA) is 84.9 Å². The van der Waals surface area contributed by atoms with Crippen LogP contribution in [0.15, 0.2) is 48.5 Å². The van der Waals surface area contributed by atoms with E-state index in [1.165, 1.54) is 24.3 Å². The maximum atomic E-state index is 12.7. The van der Waals surface area contributed by atoms with Gasteiger partial charge in [0.05, 0.1) is 0 Å². The summed E-state index contributed by atoms with van der Waals surface area (Å²) in [7, 11) is 0. The summed E-state index contributed by atoms with van der Waals surface area (Å²) in [5.74, 6) is -0.135. The van der Waals surface area contributed by atoms with Crippen LogP contribution in [0.25, 0.3) is 0 Å². The number of carbonyl (C=O) groups is 2. The molecule has 0 aliphatic rings. The molecule has 6 nitrogen and oxygen atoms in total. The van der Waals surface area contributed by atoms with Crippen molar-refractivity contribution in [1.29, 1.82) is 0 Å². The Kier molecular flexibility index (Phi) is 7.13. The number of carbonyl (C=O) groups excluding carboxylic acids is 2. The molecule has 0 bridgehead atoms. The van der Waals surface area contributed by atoms with E-state index >= 15 is 0 Å². The maximum absolute atomic E-state index is 12.7. The van der Waals surface area contributed by atoms with Crippen LogP contribution in [0, 0.1) is 0 Å². The van der Waals surface area contributed by atoms with Crippen LogP contribution in [-0.4, -0.2) is 34.2 Å². The number of benzene rings is 2. The van der Waals surface area contributed by atoms with Crippen molar-refractivity contribution in [2.45, 2.75) is 65.2 Å². The van der Waals surface area contributed by atoms with Gasteiger partial charge in [0.15, 0.2) is 0 Å². The van der Waals surface area contributed by atoms with Crippen molar-refractivity contribution in [3.8, 4) is 11.5 Å². The van der Waals surface area contributed by atoms with Gasteiger partial charge in [0, 0.05) is 12.0 Å². The lowest BCUT2D eigenvalue weighted by molar-refractivity contribution is -0.157. The SMILES string of the molecule is CC(C)(C)OC(=O)[C@H](Cc1ccc(OC(C)(C)C)cc1)NC(=O)c1ccc(O)cc1. The number of phenols is 1.